The van der Waals surface area contributed by atoms with Gasteiger partial charge in [0.1, 0.15) is 11.9 Å². The molecule has 1 fully saturated rings. The summed E-state index contributed by atoms with van der Waals surface area (Å²) in [6.45, 7) is 2.99. The van der Waals surface area contributed by atoms with Gasteiger partial charge in [-0.15, -0.1) is 0 Å². The number of benzene rings is 1. The van der Waals surface area contributed by atoms with E-state index in [2.05, 4.69) is 10.1 Å². The van der Waals surface area contributed by atoms with E-state index in [1.54, 1.807) is 24.3 Å². The van der Waals surface area contributed by atoms with Crippen LogP contribution in [0.2, 0.25) is 0 Å². The molecule has 5 rings (SSSR count). The first kappa shape index (κ1) is 25.5. The fourth-order valence-corrected chi connectivity index (χ4v) is 5.44. The highest BCUT2D eigenvalue weighted by Crippen LogP contribution is 2.38. The Bertz CT molecular complexity index is 1470. The van der Waals surface area contributed by atoms with E-state index in [9.17, 15) is 14.7 Å². The summed E-state index contributed by atoms with van der Waals surface area (Å²) in [6.07, 6.45) is 5.49. The normalized spacial score (nSPS) is 18.3. The minimum Gasteiger partial charge on any atom is -0.384 e. The van der Waals surface area contributed by atoms with Gasteiger partial charge in [-0.3, -0.25) is 14.6 Å². The molecule has 3 heterocycles. The third-order valence-electron chi connectivity index (χ3n) is 7.54. The van der Waals surface area contributed by atoms with Crippen molar-refractivity contribution in [3.8, 4) is 22.4 Å². The number of aliphatic hydroxyl groups excluding tert-OH is 1. The summed E-state index contributed by atoms with van der Waals surface area (Å²) in [4.78, 5) is 36.2. The molecule has 3 N–H and O–H groups in total. The van der Waals surface area contributed by atoms with Crippen molar-refractivity contribution in [1.29, 1.82) is 0 Å². The second-order valence-electron chi connectivity index (χ2n) is 10.0. The molecule has 196 valence electrons. The topological polar surface area (TPSA) is 127 Å². The van der Waals surface area contributed by atoms with Crippen molar-refractivity contribution in [2.45, 2.75) is 57.6 Å². The standard InChI is InChI=1S/C29H32N6O3/c1-17(36)25-26(20-9-12-22(13-10-20)34(3)29(38)18(2)37)33-28-23(16-32-35(28)27(25)30)21-11-14-24(31-15-21)19-7-5-4-6-8-19/h4-8,11,14-16,18,20,22,37H,9-10,12-13,30H2,1-3H3. The smallest absolute Gasteiger partial charge is 0.251 e. The first-order chi connectivity index (χ1) is 18.3. The summed E-state index contributed by atoms with van der Waals surface area (Å²) < 4.78 is 1.53. The van der Waals surface area contributed by atoms with Crippen LogP contribution in [0, 0.1) is 0 Å². The molecule has 4 aromatic rings. The Hall–Kier alpha value is -4.11. The summed E-state index contributed by atoms with van der Waals surface area (Å²) in [5.74, 6) is -0.131. The summed E-state index contributed by atoms with van der Waals surface area (Å²) in [5, 5.41) is 14.1. The summed E-state index contributed by atoms with van der Waals surface area (Å²) in [6, 6.07) is 14.0. The Morgan fingerprint density at radius 3 is 2.37 bits per heavy atom. The number of amides is 1. The SMILES string of the molecule is CC(=O)c1c(C2CCC(N(C)C(=O)C(C)O)CC2)nc2c(-c3ccc(-c4ccccc4)nc3)cnn2c1N. The molecular weight excluding hydrogens is 480 g/mol. The number of nitrogens with two attached hydrogens (primary N) is 1. The number of aliphatic hydroxyl groups is 1. The highest BCUT2D eigenvalue weighted by Gasteiger charge is 2.32. The van der Waals surface area contributed by atoms with Gasteiger partial charge in [-0.1, -0.05) is 36.4 Å². The van der Waals surface area contributed by atoms with E-state index >= 15 is 0 Å². The first-order valence-corrected chi connectivity index (χ1v) is 12.9. The third-order valence-corrected chi connectivity index (χ3v) is 7.54. The minimum atomic E-state index is -1.03. The number of fused-ring (bicyclic) bond motifs is 1. The molecule has 1 amide bonds. The predicted molar refractivity (Wildman–Crippen MR) is 146 cm³/mol. The Morgan fingerprint density at radius 2 is 1.76 bits per heavy atom. The van der Waals surface area contributed by atoms with Crippen LogP contribution in [0.1, 0.15) is 61.5 Å². The minimum absolute atomic E-state index is 0.0221. The Kier molecular flexibility index (Phi) is 6.94. The number of ketones is 1. The Labute approximate surface area is 221 Å². The lowest BCUT2D eigenvalue weighted by molar-refractivity contribution is -0.140. The van der Waals surface area contributed by atoms with Gasteiger partial charge in [-0.25, -0.2) is 4.98 Å². The summed E-state index contributed by atoms with van der Waals surface area (Å²) in [5.41, 5.74) is 11.7. The van der Waals surface area contributed by atoms with Crippen LogP contribution in [0.25, 0.3) is 28.0 Å². The summed E-state index contributed by atoms with van der Waals surface area (Å²) >= 11 is 0. The quantitative estimate of drug-likeness (QED) is 0.372. The molecular formula is C29H32N6O3. The van der Waals surface area contributed by atoms with E-state index in [1.165, 1.54) is 18.4 Å². The average Bonchev–Trinajstić information content (AvgIpc) is 3.37. The van der Waals surface area contributed by atoms with Crippen molar-refractivity contribution in [3.05, 3.63) is 66.1 Å². The van der Waals surface area contributed by atoms with Crippen LogP contribution in [-0.2, 0) is 4.79 Å². The number of carbonyl (C=O) groups is 2. The van der Waals surface area contributed by atoms with E-state index in [-0.39, 0.29) is 29.5 Å². The van der Waals surface area contributed by atoms with E-state index in [0.717, 1.165) is 48.1 Å². The molecule has 1 aromatic carbocycles. The Balaban J connectivity index is 1.48. The molecule has 1 aliphatic carbocycles. The molecule has 1 aliphatic rings. The molecule has 9 nitrogen and oxygen atoms in total. The number of pyridine rings is 1. The molecule has 1 atom stereocenters. The molecule has 0 aliphatic heterocycles. The monoisotopic (exact) mass is 512 g/mol. The first-order valence-electron chi connectivity index (χ1n) is 12.9. The van der Waals surface area contributed by atoms with E-state index < -0.39 is 6.10 Å². The Morgan fingerprint density at radius 1 is 1.05 bits per heavy atom. The molecule has 38 heavy (non-hydrogen) atoms. The van der Waals surface area contributed by atoms with Crippen LogP contribution in [-0.4, -0.2) is 60.5 Å². The molecule has 3 aromatic heterocycles. The van der Waals surface area contributed by atoms with Gasteiger partial charge in [-0.05, 0) is 45.6 Å². The van der Waals surface area contributed by atoms with Crippen molar-refractivity contribution in [2.75, 3.05) is 12.8 Å². The number of hydrogen-bond donors (Lipinski definition) is 2. The van der Waals surface area contributed by atoms with Crippen molar-refractivity contribution in [2.24, 2.45) is 0 Å². The third kappa shape index (κ3) is 4.65. The van der Waals surface area contributed by atoms with Crippen LogP contribution in [0.4, 0.5) is 5.82 Å². The van der Waals surface area contributed by atoms with Crippen molar-refractivity contribution < 1.29 is 14.7 Å². The fraction of sp³-hybridized carbons (Fsp3) is 0.345. The zero-order valence-electron chi connectivity index (χ0n) is 21.8. The number of nitrogen functional groups attached to an aromatic ring is 1. The largest absolute Gasteiger partial charge is 0.384 e. The fourth-order valence-electron chi connectivity index (χ4n) is 5.44. The number of rotatable bonds is 6. The van der Waals surface area contributed by atoms with Gasteiger partial charge in [0.25, 0.3) is 5.91 Å². The molecule has 0 saturated heterocycles. The number of hydrogen-bond acceptors (Lipinski definition) is 7. The lowest BCUT2D eigenvalue weighted by atomic mass is 9.81. The van der Waals surface area contributed by atoms with E-state index in [1.807, 2.05) is 42.5 Å². The van der Waals surface area contributed by atoms with Crippen LogP contribution >= 0.6 is 0 Å². The molecule has 0 spiro atoms. The number of anilines is 1. The van der Waals surface area contributed by atoms with Crippen molar-refractivity contribution in [3.63, 3.8) is 0 Å². The van der Waals surface area contributed by atoms with Gasteiger partial charge >= 0.3 is 0 Å². The van der Waals surface area contributed by atoms with Gasteiger partial charge in [-0.2, -0.15) is 9.61 Å². The maximum atomic E-state index is 12.7. The second kappa shape index (κ2) is 10.3. The lowest BCUT2D eigenvalue weighted by Gasteiger charge is -2.35. The number of nitrogens with zero attached hydrogens (tertiary/aromatic N) is 5. The zero-order chi connectivity index (χ0) is 27.0. The van der Waals surface area contributed by atoms with E-state index in [0.29, 0.717) is 16.9 Å². The molecule has 1 unspecified atom stereocenters. The van der Waals surface area contributed by atoms with Gasteiger partial charge in [0, 0.05) is 41.9 Å². The number of likely N-dealkylation sites (N-methyl/N-ethyl adjacent to an activating group) is 1. The number of carbonyl (C=O) groups excluding carboxylic acids is 2. The maximum Gasteiger partial charge on any atom is 0.251 e. The molecule has 0 bridgehead atoms. The van der Waals surface area contributed by atoms with Gasteiger partial charge in [0.15, 0.2) is 11.4 Å². The van der Waals surface area contributed by atoms with Crippen molar-refractivity contribution >= 4 is 23.2 Å². The maximum absolute atomic E-state index is 12.7. The molecule has 1 saturated carbocycles. The van der Waals surface area contributed by atoms with E-state index in [4.69, 9.17) is 10.7 Å². The predicted octanol–water partition coefficient (Wildman–Crippen LogP) is 4.11. The highest BCUT2D eigenvalue weighted by molar-refractivity contribution is 6.00. The average molecular weight is 513 g/mol. The lowest BCUT2D eigenvalue weighted by Crippen LogP contribution is -2.43. The van der Waals surface area contributed by atoms with Crippen LogP contribution in [0.15, 0.2) is 54.9 Å². The van der Waals surface area contributed by atoms with Crippen LogP contribution < -0.4 is 5.73 Å². The van der Waals surface area contributed by atoms with Gasteiger partial charge in [0.05, 0.1) is 23.1 Å². The van der Waals surface area contributed by atoms with Crippen molar-refractivity contribution in [1.82, 2.24) is 24.5 Å². The number of aromatic nitrogens is 4. The summed E-state index contributed by atoms with van der Waals surface area (Å²) in [7, 11) is 1.74. The zero-order valence-corrected chi connectivity index (χ0v) is 21.8. The number of Topliss-reactive ketones (excluding diaryl/α,β-unsaturated/α-hetero) is 1. The van der Waals surface area contributed by atoms with Crippen LogP contribution in [0.5, 0.6) is 0 Å². The van der Waals surface area contributed by atoms with Gasteiger partial charge < -0.3 is 15.7 Å². The van der Waals surface area contributed by atoms with Gasteiger partial charge in [0.2, 0.25) is 0 Å². The second-order valence-corrected chi connectivity index (χ2v) is 10.0. The van der Waals surface area contributed by atoms with Crippen LogP contribution in [0.3, 0.4) is 0 Å². The highest BCUT2D eigenvalue weighted by atomic mass is 16.3. The molecule has 0 radical (unpaired) electrons. The molecule has 9 heteroatoms.